The van der Waals surface area contributed by atoms with Gasteiger partial charge in [0.1, 0.15) is 0 Å². The van der Waals surface area contributed by atoms with E-state index in [0.717, 1.165) is 31.2 Å². The lowest BCUT2D eigenvalue weighted by Crippen LogP contribution is -2.53. The van der Waals surface area contributed by atoms with Crippen LogP contribution in [0.4, 0.5) is 0 Å². The fourth-order valence-electron chi connectivity index (χ4n) is 3.09. The van der Waals surface area contributed by atoms with Crippen molar-refractivity contribution < 1.29 is 13.2 Å². The first-order valence-electron chi connectivity index (χ1n) is 7.88. The third-order valence-electron chi connectivity index (χ3n) is 4.54. The van der Waals surface area contributed by atoms with Gasteiger partial charge in [0.25, 0.3) is 0 Å². The monoisotopic (exact) mass is 339 g/mol. The smallest absolute Gasteiger partial charge is 0.238 e. The Morgan fingerprint density at radius 2 is 1.96 bits per heavy atom. The first-order valence-corrected chi connectivity index (χ1v) is 9.43. The number of amides is 1. The summed E-state index contributed by atoms with van der Waals surface area (Å²) in [4.78, 5) is 12.4. The highest BCUT2D eigenvalue weighted by atomic mass is 32.2. The highest BCUT2D eigenvalue weighted by Crippen LogP contribution is 2.31. The molecular formula is C16H25N3O3S. The van der Waals surface area contributed by atoms with E-state index in [1.807, 2.05) is 6.92 Å². The van der Waals surface area contributed by atoms with Gasteiger partial charge in [0.05, 0.1) is 10.8 Å². The SMILES string of the molecule is CC1(N)CCCCC1C(=O)NCCc1ccc(S(N)(=O)=O)cc1. The molecule has 1 aromatic rings. The van der Waals surface area contributed by atoms with Crippen LogP contribution in [0.5, 0.6) is 0 Å². The Morgan fingerprint density at radius 3 is 2.52 bits per heavy atom. The number of hydrogen-bond acceptors (Lipinski definition) is 4. The van der Waals surface area contributed by atoms with Crippen molar-refractivity contribution in [1.29, 1.82) is 0 Å². The topological polar surface area (TPSA) is 115 Å². The van der Waals surface area contributed by atoms with E-state index in [2.05, 4.69) is 5.32 Å². The lowest BCUT2D eigenvalue weighted by atomic mass is 9.74. The Labute approximate surface area is 137 Å². The Morgan fingerprint density at radius 1 is 1.30 bits per heavy atom. The molecule has 1 amide bonds. The van der Waals surface area contributed by atoms with Crippen molar-refractivity contribution in [1.82, 2.24) is 5.32 Å². The first kappa shape index (κ1) is 17.9. The van der Waals surface area contributed by atoms with Gasteiger partial charge in [-0.2, -0.15) is 0 Å². The zero-order valence-electron chi connectivity index (χ0n) is 13.4. The highest BCUT2D eigenvalue weighted by molar-refractivity contribution is 7.89. The molecule has 1 aliphatic carbocycles. The van der Waals surface area contributed by atoms with Crippen LogP contribution < -0.4 is 16.2 Å². The molecule has 2 rings (SSSR count). The van der Waals surface area contributed by atoms with Crippen LogP contribution in [0.2, 0.25) is 0 Å². The van der Waals surface area contributed by atoms with Crippen molar-refractivity contribution in [3.63, 3.8) is 0 Å². The van der Waals surface area contributed by atoms with Crippen LogP contribution in [0.15, 0.2) is 29.2 Å². The number of sulfonamides is 1. The summed E-state index contributed by atoms with van der Waals surface area (Å²) in [6.07, 6.45) is 4.46. The molecular weight excluding hydrogens is 314 g/mol. The van der Waals surface area contributed by atoms with Gasteiger partial charge in [-0.15, -0.1) is 0 Å². The van der Waals surface area contributed by atoms with Gasteiger partial charge in [-0.1, -0.05) is 25.0 Å². The van der Waals surface area contributed by atoms with E-state index in [1.165, 1.54) is 12.1 Å². The van der Waals surface area contributed by atoms with Crippen LogP contribution in [0.3, 0.4) is 0 Å². The molecule has 0 saturated heterocycles. The van der Waals surface area contributed by atoms with Crippen LogP contribution in [0, 0.1) is 5.92 Å². The Bertz CT molecular complexity index is 654. The predicted molar refractivity (Wildman–Crippen MR) is 89.1 cm³/mol. The molecule has 0 aromatic heterocycles. The van der Waals surface area contributed by atoms with Gasteiger partial charge in [-0.25, -0.2) is 13.6 Å². The van der Waals surface area contributed by atoms with Crippen molar-refractivity contribution >= 4 is 15.9 Å². The number of carbonyl (C=O) groups excluding carboxylic acids is 1. The van der Waals surface area contributed by atoms with Gasteiger partial charge in [0.2, 0.25) is 15.9 Å². The predicted octanol–water partition coefficient (Wildman–Crippen LogP) is 0.900. The van der Waals surface area contributed by atoms with E-state index in [1.54, 1.807) is 12.1 Å². The number of nitrogens with one attached hydrogen (secondary N) is 1. The minimum atomic E-state index is -3.66. The van der Waals surface area contributed by atoms with Gasteiger partial charge in [0, 0.05) is 12.1 Å². The minimum Gasteiger partial charge on any atom is -0.355 e. The van der Waals surface area contributed by atoms with Crippen molar-refractivity contribution in [3.8, 4) is 0 Å². The van der Waals surface area contributed by atoms with Crippen molar-refractivity contribution in [2.75, 3.05) is 6.54 Å². The summed E-state index contributed by atoms with van der Waals surface area (Å²) in [5.74, 6) is -0.128. The molecule has 7 heteroatoms. The van der Waals surface area contributed by atoms with E-state index in [0.29, 0.717) is 13.0 Å². The Kier molecular flexibility index (Phi) is 5.44. The zero-order valence-corrected chi connectivity index (χ0v) is 14.2. The van der Waals surface area contributed by atoms with Crippen LogP contribution >= 0.6 is 0 Å². The fourth-order valence-corrected chi connectivity index (χ4v) is 3.60. The number of carbonyl (C=O) groups is 1. The summed E-state index contributed by atoms with van der Waals surface area (Å²) < 4.78 is 22.4. The molecule has 5 N–H and O–H groups in total. The quantitative estimate of drug-likeness (QED) is 0.739. The van der Waals surface area contributed by atoms with Crippen molar-refractivity contribution in [2.24, 2.45) is 16.8 Å². The van der Waals surface area contributed by atoms with Crippen molar-refractivity contribution in [2.45, 2.75) is 49.5 Å². The van der Waals surface area contributed by atoms with Gasteiger partial charge in [0.15, 0.2) is 0 Å². The van der Waals surface area contributed by atoms with E-state index in [4.69, 9.17) is 10.9 Å². The average molecular weight is 339 g/mol. The highest BCUT2D eigenvalue weighted by Gasteiger charge is 2.37. The lowest BCUT2D eigenvalue weighted by Gasteiger charge is -2.37. The standard InChI is InChI=1S/C16H25N3O3S/c1-16(17)10-3-2-4-14(16)15(20)19-11-9-12-5-7-13(8-6-12)23(18,21)22/h5-8,14H,2-4,9-11,17H2,1H3,(H,19,20)(H2,18,21,22). The summed E-state index contributed by atoms with van der Waals surface area (Å²) in [5, 5.41) is 8.00. The number of nitrogens with two attached hydrogens (primary N) is 2. The van der Waals surface area contributed by atoms with E-state index in [9.17, 15) is 13.2 Å². The van der Waals surface area contributed by atoms with Crippen LogP contribution in [0.1, 0.15) is 38.2 Å². The maximum absolute atomic E-state index is 12.3. The molecule has 0 heterocycles. The second-order valence-corrected chi connectivity index (χ2v) is 8.10. The molecule has 128 valence electrons. The maximum Gasteiger partial charge on any atom is 0.238 e. The molecule has 0 aliphatic heterocycles. The summed E-state index contributed by atoms with van der Waals surface area (Å²) in [5.41, 5.74) is 6.74. The van der Waals surface area contributed by atoms with Gasteiger partial charge in [-0.3, -0.25) is 4.79 Å². The molecule has 2 atom stereocenters. The normalized spacial score (nSPS) is 25.1. The molecule has 1 saturated carbocycles. The molecule has 0 radical (unpaired) electrons. The van der Waals surface area contributed by atoms with Crippen LogP contribution in [-0.4, -0.2) is 26.4 Å². The van der Waals surface area contributed by atoms with Crippen molar-refractivity contribution in [3.05, 3.63) is 29.8 Å². The fraction of sp³-hybridized carbons (Fsp3) is 0.562. The van der Waals surface area contributed by atoms with Gasteiger partial charge < -0.3 is 11.1 Å². The van der Waals surface area contributed by atoms with Crippen LogP contribution in [0.25, 0.3) is 0 Å². The minimum absolute atomic E-state index is 0.0101. The summed E-state index contributed by atoms with van der Waals surface area (Å²) in [7, 11) is -3.66. The largest absolute Gasteiger partial charge is 0.355 e. The number of rotatable bonds is 5. The van der Waals surface area contributed by atoms with E-state index in [-0.39, 0.29) is 16.7 Å². The molecule has 1 aromatic carbocycles. The third-order valence-corrected chi connectivity index (χ3v) is 5.46. The van der Waals surface area contributed by atoms with E-state index < -0.39 is 15.6 Å². The van der Waals surface area contributed by atoms with Gasteiger partial charge in [-0.05, 0) is 43.9 Å². The number of primary sulfonamides is 1. The summed E-state index contributed by atoms with van der Waals surface area (Å²) in [6.45, 7) is 2.45. The molecule has 0 spiro atoms. The molecule has 1 fully saturated rings. The average Bonchev–Trinajstić information content (AvgIpc) is 2.46. The second kappa shape index (κ2) is 6.98. The molecule has 1 aliphatic rings. The molecule has 0 bridgehead atoms. The summed E-state index contributed by atoms with van der Waals surface area (Å²) in [6, 6.07) is 6.37. The Balaban J connectivity index is 1.86. The summed E-state index contributed by atoms with van der Waals surface area (Å²) >= 11 is 0. The Hall–Kier alpha value is -1.44. The van der Waals surface area contributed by atoms with E-state index >= 15 is 0 Å². The van der Waals surface area contributed by atoms with Crippen LogP contribution in [-0.2, 0) is 21.2 Å². The molecule has 23 heavy (non-hydrogen) atoms. The maximum atomic E-state index is 12.3. The molecule has 2 unspecified atom stereocenters. The zero-order chi connectivity index (χ0) is 17.1. The lowest BCUT2D eigenvalue weighted by molar-refractivity contribution is -0.128. The second-order valence-electron chi connectivity index (χ2n) is 6.53. The van der Waals surface area contributed by atoms with Gasteiger partial charge >= 0.3 is 0 Å². The first-order chi connectivity index (χ1) is 10.7. The molecule has 6 nitrogen and oxygen atoms in total. The number of benzene rings is 1. The number of hydrogen-bond donors (Lipinski definition) is 3. The third kappa shape index (κ3) is 4.76.